The third-order valence-electron chi connectivity index (χ3n) is 1.05. The normalized spacial score (nSPS) is 14.5. The summed E-state index contributed by atoms with van der Waals surface area (Å²) in [4.78, 5) is 21.7. The van der Waals surface area contributed by atoms with Crippen LogP contribution in [-0.2, 0) is 19.1 Å². The van der Waals surface area contributed by atoms with Crippen LogP contribution in [0.1, 0.15) is 13.8 Å². The van der Waals surface area contributed by atoms with E-state index in [1.807, 2.05) is 45.2 Å². The molecule has 76 valence electrons. The van der Waals surface area contributed by atoms with Gasteiger partial charge in [-0.25, -0.2) is 0 Å². The summed E-state index contributed by atoms with van der Waals surface area (Å²) in [6.45, 7) is 3.11. The number of carbonyl (C=O) groups excluding carboxylic acids is 2. The molecule has 0 bridgehead atoms. The van der Waals surface area contributed by atoms with E-state index in [0.29, 0.717) is 0 Å². The second kappa shape index (κ2) is 6.80. The molecule has 0 amide bonds. The Morgan fingerprint density at radius 3 is 1.62 bits per heavy atom. The number of ether oxygens (including phenoxy) is 2. The molecule has 0 aliphatic carbocycles. The van der Waals surface area contributed by atoms with Crippen molar-refractivity contribution >= 4 is 57.1 Å². The highest BCUT2D eigenvalue weighted by molar-refractivity contribution is 14.1. The van der Waals surface area contributed by atoms with Gasteiger partial charge in [-0.15, -0.1) is 0 Å². The maximum absolute atomic E-state index is 10.9. The lowest BCUT2D eigenvalue weighted by Crippen LogP contribution is -2.20. The quantitative estimate of drug-likeness (QED) is 0.305. The van der Waals surface area contributed by atoms with E-state index in [0.717, 1.165) is 0 Å². The van der Waals surface area contributed by atoms with Gasteiger partial charge in [0, 0.05) is 0 Å². The highest BCUT2D eigenvalue weighted by Crippen LogP contribution is 2.03. The lowest BCUT2D eigenvalue weighted by molar-refractivity contribution is -0.165. The number of carbonyl (C=O) groups is 2. The van der Waals surface area contributed by atoms with Gasteiger partial charge < -0.3 is 9.47 Å². The van der Waals surface area contributed by atoms with E-state index in [2.05, 4.69) is 9.47 Å². The molecule has 0 saturated heterocycles. The van der Waals surface area contributed by atoms with Crippen molar-refractivity contribution in [3.63, 3.8) is 0 Å². The molecule has 0 saturated carbocycles. The third-order valence-corrected chi connectivity index (χ3v) is 2.07. The summed E-state index contributed by atoms with van der Waals surface area (Å²) >= 11 is 3.84. The van der Waals surface area contributed by atoms with Crippen molar-refractivity contribution < 1.29 is 19.1 Å². The van der Waals surface area contributed by atoms with Gasteiger partial charge in [0.25, 0.3) is 0 Å². The summed E-state index contributed by atoms with van der Waals surface area (Å²) < 4.78 is 8.81. The number of esters is 2. The Morgan fingerprint density at radius 1 is 1.08 bits per heavy atom. The summed E-state index contributed by atoms with van der Waals surface area (Å²) in [5.74, 6) is -0.760. The van der Waals surface area contributed by atoms with Crippen molar-refractivity contribution in [2.75, 3.05) is 6.79 Å². The molecule has 0 aromatic rings. The van der Waals surface area contributed by atoms with Gasteiger partial charge in [0.15, 0.2) is 0 Å². The summed E-state index contributed by atoms with van der Waals surface area (Å²) in [7, 11) is 0. The second-order valence-electron chi connectivity index (χ2n) is 2.28. The summed E-state index contributed by atoms with van der Waals surface area (Å²) in [6.07, 6.45) is 0. The predicted octanol–water partition coefficient (Wildman–Crippen LogP) is 1.68. The molecular weight excluding hydrogens is 402 g/mol. The van der Waals surface area contributed by atoms with Crippen molar-refractivity contribution in [3.05, 3.63) is 0 Å². The van der Waals surface area contributed by atoms with Gasteiger partial charge in [-0.05, 0) is 13.8 Å². The van der Waals surface area contributed by atoms with E-state index in [1.165, 1.54) is 0 Å². The zero-order chi connectivity index (χ0) is 10.4. The Bertz CT molecular complexity index is 171. The first-order valence-electron chi connectivity index (χ1n) is 3.56. The first kappa shape index (κ1) is 13.4. The van der Waals surface area contributed by atoms with Gasteiger partial charge in [-0.1, -0.05) is 45.2 Å². The molecule has 6 heteroatoms. The van der Waals surface area contributed by atoms with Gasteiger partial charge in [0.1, 0.15) is 7.85 Å². The number of alkyl halides is 2. The van der Waals surface area contributed by atoms with Crippen LogP contribution in [0.3, 0.4) is 0 Å². The Balaban J connectivity index is 3.57. The first-order valence-corrected chi connectivity index (χ1v) is 6.05. The average Bonchev–Trinajstić information content (AvgIpc) is 2.03. The SMILES string of the molecule is CC(I)C(=O)OCOC(=O)C(C)I. The Kier molecular flexibility index (Phi) is 7.00. The second-order valence-corrected chi connectivity index (χ2v) is 6.01. The molecule has 0 rings (SSSR count). The topological polar surface area (TPSA) is 52.6 Å². The fourth-order valence-corrected chi connectivity index (χ4v) is 0.735. The average molecular weight is 412 g/mol. The molecule has 0 heterocycles. The van der Waals surface area contributed by atoms with Crippen molar-refractivity contribution in [2.45, 2.75) is 21.7 Å². The predicted molar refractivity (Wildman–Crippen MR) is 64.0 cm³/mol. The van der Waals surface area contributed by atoms with Gasteiger partial charge in [0.05, 0.1) is 0 Å². The van der Waals surface area contributed by atoms with Crippen LogP contribution >= 0.6 is 45.2 Å². The molecule has 0 spiro atoms. The van der Waals surface area contributed by atoms with Crippen LogP contribution in [0.4, 0.5) is 0 Å². The molecule has 0 aromatic carbocycles. The monoisotopic (exact) mass is 412 g/mol. The fourth-order valence-electron chi connectivity index (χ4n) is 0.375. The minimum Gasteiger partial charge on any atom is -0.427 e. The zero-order valence-electron chi connectivity index (χ0n) is 7.25. The van der Waals surface area contributed by atoms with Crippen LogP contribution in [0, 0.1) is 0 Å². The molecule has 0 fully saturated rings. The summed E-state index contributed by atoms with van der Waals surface area (Å²) in [5, 5.41) is 0. The molecule has 0 radical (unpaired) electrons. The van der Waals surface area contributed by atoms with E-state index in [9.17, 15) is 9.59 Å². The maximum Gasteiger partial charge on any atom is 0.321 e. The molecule has 0 aliphatic rings. The van der Waals surface area contributed by atoms with Crippen molar-refractivity contribution in [1.82, 2.24) is 0 Å². The number of rotatable bonds is 4. The Morgan fingerprint density at radius 2 is 1.38 bits per heavy atom. The highest BCUT2D eigenvalue weighted by Gasteiger charge is 2.13. The summed E-state index contributed by atoms with van der Waals surface area (Å²) in [6, 6.07) is 0. The molecule has 0 aliphatic heterocycles. The fraction of sp³-hybridized carbons (Fsp3) is 0.714. The third kappa shape index (κ3) is 6.47. The smallest absolute Gasteiger partial charge is 0.321 e. The summed E-state index contributed by atoms with van der Waals surface area (Å²) in [5.41, 5.74) is 0. The van der Waals surface area contributed by atoms with E-state index >= 15 is 0 Å². The minimum absolute atomic E-state index is 0.228. The Labute approximate surface area is 104 Å². The van der Waals surface area contributed by atoms with Crippen LogP contribution in [-0.4, -0.2) is 26.6 Å². The van der Waals surface area contributed by atoms with Crippen LogP contribution in [0.5, 0.6) is 0 Å². The first-order chi connectivity index (χ1) is 5.95. The van der Waals surface area contributed by atoms with Crippen molar-refractivity contribution in [1.29, 1.82) is 0 Å². The molecule has 2 atom stereocenters. The molecule has 4 nitrogen and oxygen atoms in total. The Hall–Kier alpha value is 0.400. The van der Waals surface area contributed by atoms with Crippen LogP contribution < -0.4 is 0 Å². The van der Waals surface area contributed by atoms with E-state index < -0.39 is 0 Å². The van der Waals surface area contributed by atoms with Gasteiger partial charge >= 0.3 is 11.9 Å². The highest BCUT2D eigenvalue weighted by atomic mass is 127. The van der Waals surface area contributed by atoms with Crippen LogP contribution in [0.2, 0.25) is 0 Å². The lowest BCUT2D eigenvalue weighted by Gasteiger charge is -2.07. The van der Waals surface area contributed by atoms with Gasteiger partial charge in [-0.2, -0.15) is 0 Å². The van der Waals surface area contributed by atoms with Gasteiger partial charge in [-0.3, -0.25) is 9.59 Å². The van der Waals surface area contributed by atoms with Crippen LogP contribution in [0.25, 0.3) is 0 Å². The van der Waals surface area contributed by atoms with Crippen molar-refractivity contribution in [3.8, 4) is 0 Å². The molecule has 0 aromatic heterocycles. The molecule has 2 unspecified atom stereocenters. The molecule has 0 N–H and O–H groups in total. The van der Waals surface area contributed by atoms with E-state index in [-0.39, 0.29) is 26.6 Å². The standard InChI is InChI=1S/C7H10I2O4/c1-4(8)6(10)12-3-13-7(11)5(2)9/h4-5H,3H2,1-2H3. The maximum atomic E-state index is 10.9. The molecular formula is C7H10I2O4. The number of hydrogen-bond acceptors (Lipinski definition) is 4. The van der Waals surface area contributed by atoms with Crippen molar-refractivity contribution in [2.24, 2.45) is 0 Å². The van der Waals surface area contributed by atoms with E-state index in [1.54, 1.807) is 13.8 Å². The zero-order valence-corrected chi connectivity index (χ0v) is 11.6. The molecule has 13 heavy (non-hydrogen) atoms. The minimum atomic E-state index is -0.380. The van der Waals surface area contributed by atoms with Gasteiger partial charge in [0.2, 0.25) is 6.79 Å². The van der Waals surface area contributed by atoms with E-state index in [4.69, 9.17) is 0 Å². The lowest BCUT2D eigenvalue weighted by atomic mass is 10.5. The number of hydrogen-bond donors (Lipinski definition) is 0. The largest absolute Gasteiger partial charge is 0.427 e. The van der Waals surface area contributed by atoms with Crippen LogP contribution in [0.15, 0.2) is 0 Å². The number of halogens is 2.